The largest absolute Gasteiger partial charge is 0.460 e. The number of esters is 1. The van der Waals surface area contributed by atoms with Gasteiger partial charge in [-0.1, -0.05) is 81.6 Å². The minimum atomic E-state index is -4.80. The summed E-state index contributed by atoms with van der Waals surface area (Å²) in [5.41, 5.74) is 5.97. The maximum absolute atomic E-state index is 14.0. The van der Waals surface area contributed by atoms with Crippen molar-refractivity contribution in [1.29, 1.82) is 21.6 Å². The number of alkyl halides is 12. The summed E-state index contributed by atoms with van der Waals surface area (Å²) in [5.74, 6) is 8.04. The average molecular weight is 2180 g/mol. The first kappa shape index (κ1) is 122. The summed E-state index contributed by atoms with van der Waals surface area (Å²) in [7, 11) is 0. The van der Waals surface area contributed by atoms with Crippen LogP contribution in [0.3, 0.4) is 0 Å². The molecular formula is C107H85BrCl2F16N14O10. The van der Waals surface area contributed by atoms with Gasteiger partial charge in [-0.05, 0) is 250 Å². The van der Waals surface area contributed by atoms with Crippen molar-refractivity contribution >= 4 is 140 Å². The SMILES string of the molecule is C#Cc1cc(F)cc(C(=O)CC(=N)CC(=O)OC(C)(C)C)c1.CC(=N)CC(=O)c1cc(F)cc(C#Cc2ccc(C(F)(F)F)c(C(=O)Nc3cccc(C)n3)c2)c1.Cc1cccc(NC(=O)c2cc(Br)ccc2C(F)(F)F)n1.Cc1cccc(NC(=O)c2cc(C#Cc3cc(F)cc(C(=O)CC(=N)N)c3)ccc2C(F)(F)F)n1.Cc1cccc(NC(=O)c2cc(C#Cc3cc(F)cc(C(=O)CC(=N)N)c3)ccc2C(F)(F)F)n1.Cl.Cl. The van der Waals surface area contributed by atoms with E-state index in [0.29, 0.717) is 27.2 Å². The van der Waals surface area contributed by atoms with Gasteiger partial charge < -0.3 is 48.3 Å². The number of aromatic nitrogens is 4. The second-order valence-corrected chi connectivity index (χ2v) is 33.8. The van der Waals surface area contributed by atoms with Crippen LogP contribution in [0.4, 0.5) is 93.5 Å². The van der Waals surface area contributed by atoms with E-state index >= 15 is 0 Å². The van der Waals surface area contributed by atoms with Crippen molar-refractivity contribution in [2.45, 2.75) is 118 Å². The molecule has 0 unspecified atom stereocenters. The van der Waals surface area contributed by atoms with Gasteiger partial charge in [0.2, 0.25) is 0 Å². The number of benzene rings is 8. The van der Waals surface area contributed by atoms with Gasteiger partial charge in [-0.25, -0.2) is 37.5 Å². The Labute approximate surface area is 867 Å². The van der Waals surface area contributed by atoms with Crippen LogP contribution in [0, 0.1) is 120 Å². The van der Waals surface area contributed by atoms with Crippen LogP contribution in [0.1, 0.15) is 227 Å². The molecule has 4 amide bonds. The molecule has 0 atom stereocenters. The lowest BCUT2D eigenvalue weighted by atomic mass is 10.0. The van der Waals surface area contributed by atoms with E-state index in [9.17, 15) is 113 Å². The van der Waals surface area contributed by atoms with Gasteiger partial charge in [0, 0.05) is 113 Å². The molecule has 0 bridgehead atoms. The number of amides is 4. The van der Waals surface area contributed by atoms with Crippen LogP contribution >= 0.6 is 40.7 Å². The first-order valence-corrected chi connectivity index (χ1v) is 43.8. The Hall–Kier alpha value is -17.2. The van der Waals surface area contributed by atoms with E-state index < -0.39 is 164 Å². The molecule has 4 aromatic heterocycles. The second-order valence-electron chi connectivity index (χ2n) is 32.8. The number of nitrogens with zero attached hydrogens (tertiary/aromatic N) is 4. The lowest BCUT2D eigenvalue weighted by molar-refractivity contribution is -0.153. The Kier molecular flexibility index (Phi) is 43.6. The highest BCUT2D eigenvalue weighted by Gasteiger charge is 2.40. The number of nitrogens with two attached hydrogens (primary N) is 2. The fraction of sp³-hybridized carbons (Fsp3) is 0.168. The molecule has 0 spiro atoms. The summed E-state index contributed by atoms with van der Waals surface area (Å²) in [4.78, 5) is 126. The Morgan fingerprint density at radius 3 is 0.860 bits per heavy atom. The summed E-state index contributed by atoms with van der Waals surface area (Å²) < 4.78 is 221. The highest BCUT2D eigenvalue weighted by molar-refractivity contribution is 9.10. The smallest absolute Gasteiger partial charge is 0.417 e. The van der Waals surface area contributed by atoms with Crippen molar-refractivity contribution in [3.8, 4) is 47.9 Å². The monoisotopic (exact) mass is 2180 g/mol. The molecule has 12 N–H and O–H groups in total. The fourth-order valence-electron chi connectivity index (χ4n) is 12.8. The quantitative estimate of drug-likeness (QED) is 0.00752. The number of ketones is 4. The number of carbonyl (C=O) groups excluding carboxylic acids is 9. The zero-order valence-corrected chi connectivity index (χ0v) is 82.9. The van der Waals surface area contributed by atoms with Crippen LogP contribution in [0.25, 0.3) is 0 Å². The van der Waals surface area contributed by atoms with E-state index in [1.54, 1.807) is 97.0 Å². The molecule has 0 saturated heterocycles. The first-order chi connectivity index (χ1) is 69.1. The number of carbonyl (C=O) groups is 9. The van der Waals surface area contributed by atoms with Gasteiger partial charge >= 0.3 is 30.7 Å². The number of rotatable bonds is 22. The molecule has 12 rings (SSSR count). The molecular weight excluding hydrogens is 2100 g/mol. The lowest BCUT2D eigenvalue weighted by Crippen LogP contribution is -2.25. The van der Waals surface area contributed by atoms with E-state index in [2.05, 4.69) is 98.6 Å². The van der Waals surface area contributed by atoms with Crippen molar-refractivity contribution in [2.75, 3.05) is 21.3 Å². The maximum atomic E-state index is 14.0. The van der Waals surface area contributed by atoms with Gasteiger partial charge in [-0.2, -0.15) is 52.7 Å². The predicted molar refractivity (Wildman–Crippen MR) is 538 cm³/mol. The number of amidine groups is 2. The first-order valence-electron chi connectivity index (χ1n) is 43.0. The zero-order valence-electron chi connectivity index (χ0n) is 79.7. The van der Waals surface area contributed by atoms with Crippen LogP contribution < -0.4 is 32.7 Å². The van der Waals surface area contributed by atoms with Crippen molar-refractivity contribution in [2.24, 2.45) is 11.5 Å². The molecule has 43 heteroatoms. The number of anilines is 4. The number of halogens is 19. The molecule has 0 aliphatic carbocycles. The summed E-state index contributed by atoms with van der Waals surface area (Å²) in [6.45, 7) is 13.3. The molecule has 0 aliphatic heterocycles. The topological polar surface area (TPSA) is 410 Å². The van der Waals surface area contributed by atoms with Gasteiger partial charge in [-0.3, -0.25) is 54.0 Å². The van der Waals surface area contributed by atoms with E-state index in [-0.39, 0.29) is 152 Å². The van der Waals surface area contributed by atoms with Crippen LogP contribution in [-0.2, 0) is 34.2 Å². The molecule has 8 aromatic carbocycles. The number of Topliss-reactive ketones (excluding diaryl/α,β-unsaturated/α-hetero) is 4. The Bertz CT molecular complexity index is 6990. The van der Waals surface area contributed by atoms with E-state index in [0.717, 1.165) is 115 Å². The number of ether oxygens (including phenoxy) is 1. The molecule has 4 heterocycles. The molecule has 0 saturated carbocycles. The van der Waals surface area contributed by atoms with Gasteiger partial charge in [0.05, 0.1) is 75.4 Å². The summed E-state index contributed by atoms with van der Waals surface area (Å²) in [6, 6.07) is 44.3. The van der Waals surface area contributed by atoms with Gasteiger partial charge in [-0.15, -0.1) is 31.2 Å². The molecule has 0 fully saturated rings. The van der Waals surface area contributed by atoms with Crippen molar-refractivity contribution < 1.29 is 118 Å². The summed E-state index contributed by atoms with van der Waals surface area (Å²) >= 11 is 3.07. The molecule has 0 radical (unpaired) electrons. The minimum Gasteiger partial charge on any atom is -0.460 e. The third kappa shape index (κ3) is 39.3. The number of pyridine rings is 4. The highest BCUT2D eigenvalue weighted by atomic mass is 79.9. The van der Waals surface area contributed by atoms with Gasteiger partial charge in [0.15, 0.2) is 23.1 Å². The number of aryl methyl sites for hydroxylation is 4. The van der Waals surface area contributed by atoms with Crippen LogP contribution in [0.15, 0.2) is 223 Å². The second kappa shape index (κ2) is 53.8. The fourth-order valence-corrected chi connectivity index (χ4v) is 13.2. The third-order valence-corrected chi connectivity index (χ3v) is 19.6. The Morgan fingerprint density at radius 2 is 0.600 bits per heavy atom. The normalized spacial score (nSPS) is 10.7. The highest BCUT2D eigenvalue weighted by Crippen LogP contribution is 2.38. The number of terminal acetylenes is 1. The van der Waals surface area contributed by atoms with Crippen LogP contribution in [0.5, 0.6) is 0 Å². The standard InChI is InChI=1S/C26H19F4N3O2.2C25H18F4N4O2.C17H18FNO3.C14H10BrF3N2O.2ClH/c1-15(31)10-23(34)19-11-18(12-20(27)14-19)7-6-17-8-9-22(26(28,29)30)21(13-17)25(35)33-24-5-3-4-16(2)32-24;2*1-14-3-2-4-23(32-14)33-24(35)19-11-15(7-8-20(19)25(27,28)29)5-6-16-9-17(12-18(26)10-16)21(34)13-22(30)31;1-5-11-6-12(8-13(18)7-11)15(20)9-14(19)10-16(21)22-17(2,3)4;1-8-3-2-4-12(19-8)20-13(21)10-7-9(15)5-6-11(10)14(16,17)18;;/h3-5,8-9,11-14,31H,10H2,1-2H3,(H,32,33,35);2*2-4,7-12H,13H2,1H3,(H3,30,31)(H,32,33,35);1,6-8,19H,9-10H2,2-4H3;2-7H,1H3,(H,19,20,21);2*1H. The zero-order chi connectivity index (χ0) is 110. The maximum Gasteiger partial charge on any atom is 0.417 e. The summed E-state index contributed by atoms with van der Waals surface area (Å²) in [5, 5.41) is 38.9. The number of hydrogen-bond donors (Lipinski definition) is 10. The molecule has 150 heavy (non-hydrogen) atoms. The van der Waals surface area contributed by atoms with Crippen molar-refractivity contribution in [3.05, 3.63) is 375 Å². The number of nitrogens with one attached hydrogen (secondary N) is 8. The third-order valence-electron chi connectivity index (χ3n) is 19.1. The average Bonchev–Trinajstić information content (AvgIpc) is 0.755. The van der Waals surface area contributed by atoms with E-state index in [1.807, 2.05) is 0 Å². The van der Waals surface area contributed by atoms with Crippen LogP contribution in [0.2, 0.25) is 0 Å². The molecule has 776 valence electrons. The Balaban J connectivity index is 0.000000290. The van der Waals surface area contributed by atoms with E-state index in [4.69, 9.17) is 44.3 Å². The molecule has 12 aromatic rings. The summed E-state index contributed by atoms with van der Waals surface area (Å²) in [6.07, 6.45) is -15.3. The van der Waals surface area contributed by atoms with Gasteiger partial charge in [0.25, 0.3) is 23.6 Å². The predicted octanol–water partition coefficient (Wildman–Crippen LogP) is 23.6. The van der Waals surface area contributed by atoms with Crippen molar-refractivity contribution in [3.63, 3.8) is 0 Å². The van der Waals surface area contributed by atoms with Crippen LogP contribution in [-0.4, -0.2) is 101 Å². The Morgan fingerprint density at radius 1 is 0.347 bits per heavy atom. The lowest BCUT2D eigenvalue weighted by Gasteiger charge is -2.19. The molecule has 0 aliphatic rings. The number of hydrogen-bond acceptors (Lipinski definition) is 18. The van der Waals surface area contributed by atoms with Gasteiger partial charge in [0.1, 0.15) is 52.1 Å². The van der Waals surface area contributed by atoms with Crippen molar-refractivity contribution in [1.82, 2.24) is 19.9 Å². The minimum absolute atomic E-state index is 0. The van der Waals surface area contributed by atoms with E-state index in [1.165, 1.54) is 61.5 Å². The molecule has 24 nitrogen and oxygen atoms in total.